The molecule has 1 aromatic carbocycles. The summed E-state index contributed by atoms with van der Waals surface area (Å²) in [6, 6.07) is 8.74. The minimum atomic E-state index is -3.38. The Kier molecular flexibility index (Phi) is 3.97. The highest BCUT2D eigenvalue weighted by atomic mass is 31.2. The summed E-state index contributed by atoms with van der Waals surface area (Å²) in [5.41, 5.74) is 0. The van der Waals surface area contributed by atoms with Crippen LogP contribution in [0.2, 0.25) is 0 Å². The minimum absolute atomic E-state index is 0.341. The van der Waals surface area contributed by atoms with Crippen LogP contribution in [0.3, 0.4) is 0 Å². The van der Waals surface area contributed by atoms with E-state index in [1.54, 1.807) is 38.1 Å². The summed E-state index contributed by atoms with van der Waals surface area (Å²) in [7, 11) is -3.38. The molecule has 0 bridgehead atoms. The van der Waals surface area contributed by atoms with Crippen LogP contribution in [0.25, 0.3) is 0 Å². The minimum Gasteiger partial charge on any atom is -0.418 e. The summed E-state index contributed by atoms with van der Waals surface area (Å²) < 4.78 is 22.9. The molecule has 1 rings (SSSR count). The molecule has 1 aromatic rings. The zero-order valence-corrected chi connectivity index (χ0v) is 10.4. The fraction of sp³-hybridized carbons (Fsp3) is 0.167. The molecular formula is C12H15O3P. The molecule has 0 spiro atoms. The average molecular weight is 238 g/mol. The van der Waals surface area contributed by atoms with Crippen molar-refractivity contribution in [1.82, 2.24) is 0 Å². The van der Waals surface area contributed by atoms with Crippen molar-refractivity contribution in [3.05, 3.63) is 55.0 Å². The van der Waals surface area contributed by atoms with E-state index in [0.29, 0.717) is 16.8 Å². The highest BCUT2D eigenvalue weighted by molar-refractivity contribution is 7.62. The molecule has 0 aliphatic rings. The maximum absolute atomic E-state index is 12.5. The Labute approximate surface area is 95.9 Å². The van der Waals surface area contributed by atoms with Crippen LogP contribution in [0.15, 0.2) is 55.0 Å². The second kappa shape index (κ2) is 5.04. The van der Waals surface area contributed by atoms with E-state index < -0.39 is 7.60 Å². The summed E-state index contributed by atoms with van der Waals surface area (Å²) in [5, 5.41) is 0.487. The topological polar surface area (TPSA) is 35.5 Å². The van der Waals surface area contributed by atoms with E-state index in [0.717, 1.165) is 0 Å². The molecule has 0 radical (unpaired) electrons. The second-order valence-corrected chi connectivity index (χ2v) is 5.30. The zero-order chi connectivity index (χ0) is 12.2. The van der Waals surface area contributed by atoms with E-state index >= 15 is 0 Å². The van der Waals surface area contributed by atoms with Crippen molar-refractivity contribution in [2.75, 3.05) is 0 Å². The molecule has 86 valence electrons. The van der Waals surface area contributed by atoms with Gasteiger partial charge >= 0.3 is 7.60 Å². The first kappa shape index (κ1) is 12.6. The molecule has 0 saturated carbocycles. The molecule has 3 nitrogen and oxygen atoms in total. The summed E-state index contributed by atoms with van der Waals surface area (Å²) in [6.45, 7) is 10.4. The van der Waals surface area contributed by atoms with Crippen molar-refractivity contribution >= 4 is 12.9 Å². The van der Waals surface area contributed by atoms with E-state index in [4.69, 9.17) is 9.05 Å². The maximum atomic E-state index is 12.5. The third-order valence-electron chi connectivity index (χ3n) is 1.62. The average Bonchev–Trinajstić information content (AvgIpc) is 2.16. The predicted molar refractivity (Wildman–Crippen MR) is 65.5 cm³/mol. The lowest BCUT2D eigenvalue weighted by Crippen LogP contribution is -2.08. The van der Waals surface area contributed by atoms with E-state index in [1.807, 2.05) is 6.07 Å². The molecule has 16 heavy (non-hydrogen) atoms. The summed E-state index contributed by atoms with van der Waals surface area (Å²) in [6.07, 6.45) is 0. The fourth-order valence-corrected chi connectivity index (χ4v) is 2.75. The lowest BCUT2D eigenvalue weighted by atomic mass is 10.4. The highest BCUT2D eigenvalue weighted by Crippen LogP contribution is 2.50. The van der Waals surface area contributed by atoms with Crippen LogP contribution in [0, 0.1) is 0 Å². The molecule has 0 N–H and O–H groups in total. The number of hydrogen-bond acceptors (Lipinski definition) is 3. The van der Waals surface area contributed by atoms with E-state index in [9.17, 15) is 4.57 Å². The van der Waals surface area contributed by atoms with Gasteiger partial charge in [-0.25, -0.2) is 4.57 Å². The molecule has 4 heteroatoms. The largest absolute Gasteiger partial charge is 0.462 e. The number of hydrogen-bond donors (Lipinski definition) is 0. The predicted octanol–water partition coefficient (Wildman–Crippen LogP) is 3.61. The van der Waals surface area contributed by atoms with Crippen LogP contribution in [-0.4, -0.2) is 0 Å². The van der Waals surface area contributed by atoms with Crippen molar-refractivity contribution in [2.24, 2.45) is 0 Å². The molecule has 0 saturated heterocycles. The fourth-order valence-electron chi connectivity index (χ4n) is 1.14. The van der Waals surface area contributed by atoms with Crippen LogP contribution in [-0.2, 0) is 13.6 Å². The SMILES string of the molecule is C=C(C)OP(=O)(OC(=C)C)c1ccccc1. The van der Waals surface area contributed by atoms with Gasteiger partial charge in [-0.05, 0) is 26.0 Å². The van der Waals surface area contributed by atoms with Gasteiger partial charge in [-0.15, -0.1) is 0 Å². The lowest BCUT2D eigenvalue weighted by molar-refractivity contribution is 0.303. The van der Waals surface area contributed by atoms with Gasteiger partial charge in [-0.2, -0.15) is 0 Å². The van der Waals surface area contributed by atoms with Crippen molar-refractivity contribution in [3.8, 4) is 0 Å². The van der Waals surface area contributed by atoms with Crippen molar-refractivity contribution in [3.63, 3.8) is 0 Å². The lowest BCUT2D eigenvalue weighted by Gasteiger charge is -2.19. The first-order valence-electron chi connectivity index (χ1n) is 4.80. The molecule has 0 unspecified atom stereocenters. The number of benzene rings is 1. The van der Waals surface area contributed by atoms with Gasteiger partial charge in [0.1, 0.15) is 0 Å². The van der Waals surface area contributed by atoms with Crippen LogP contribution in [0.5, 0.6) is 0 Å². The van der Waals surface area contributed by atoms with Gasteiger partial charge in [0.15, 0.2) is 0 Å². The molecular weight excluding hydrogens is 223 g/mol. The molecule has 0 aromatic heterocycles. The Balaban J connectivity index is 3.09. The molecule has 0 atom stereocenters. The Bertz CT molecular complexity index is 417. The van der Waals surface area contributed by atoms with Crippen LogP contribution >= 0.6 is 7.60 Å². The molecule has 0 aliphatic heterocycles. The first-order valence-corrected chi connectivity index (χ1v) is 6.34. The highest BCUT2D eigenvalue weighted by Gasteiger charge is 2.30. The second-order valence-electron chi connectivity index (χ2n) is 3.42. The molecule has 0 aliphatic carbocycles. The normalized spacial score (nSPS) is 10.6. The van der Waals surface area contributed by atoms with Gasteiger partial charge < -0.3 is 9.05 Å². The van der Waals surface area contributed by atoms with Crippen LogP contribution in [0.4, 0.5) is 0 Å². The summed E-state index contributed by atoms with van der Waals surface area (Å²) >= 11 is 0. The maximum Gasteiger partial charge on any atom is 0.462 e. The Morgan fingerprint density at radius 2 is 1.50 bits per heavy atom. The van der Waals surface area contributed by atoms with Crippen molar-refractivity contribution < 1.29 is 13.6 Å². The van der Waals surface area contributed by atoms with Crippen LogP contribution in [0.1, 0.15) is 13.8 Å². The van der Waals surface area contributed by atoms with Gasteiger partial charge in [0.25, 0.3) is 0 Å². The summed E-state index contributed by atoms with van der Waals surface area (Å²) in [5.74, 6) is 0.682. The molecule has 0 heterocycles. The molecule has 0 fully saturated rings. The van der Waals surface area contributed by atoms with Crippen LogP contribution < -0.4 is 5.30 Å². The first-order chi connectivity index (χ1) is 7.44. The number of rotatable bonds is 5. The Hall–Kier alpha value is -1.47. The van der Waals surface area contributed by atoms with Crippen molar-refractivity contribution in [2.45, 2.75) is 13.8 Å². The third kappa shape index (κ3) is 3.28. The third-order valence-corrected chi connectivity index (χ3v) is 3.66. The zero-order valence-electron chi connectivity index (χ0n) is 9.47. The van der Waals surface area contributed by atoms with Gasteiger partial charge in [0.05, 0.1) is 16.8 Å². The standard InChI is InChI=1S/C12H15O3P/c1-10(2)14-16(13,15-11(3)4)12-8-6-5-7-9-12/h5-9H,1,3H2,2,4H3. The van der Waals surface area contributed by atoms with E-state index in [-0.39, 0.29) is 0 Å². The van der Waals surface area contributed by atoms with Crippen molar-refractivity contribution in [1.29, 1.82) is 0 Å². The van der Waals surface area contributed by atoms with Gasteiger partial charge in [0, 0.05) is 0 Å². The van der Waals surface area contributed by atoms with Gasteiger partial charge in [-0.3, -0.25) is 0 Å². The summed E-state index contributed by atoms with van der Waals surface area (Å²) in [4.78, 5) is 0. The van der Waals surface area contributed by atoms with Gasteiger partial charge in [0.2, 0.25) is 0 Å². The smallest absolute Gasteiger partial charge is 0.418 e. The quantitative estimate of drug-likeness (QED) is 0.580. The van der Waals surface area contributed by atoms with E-state index in [2.05, 4.69) is 13.2 Å². The number of allylic oxidation sites excluding steroid dienone is 2. The monoisotopic (exact) mass is 238 g/mol. The molecule has 0 amide bonds. The Morgan fingerprint density at radius 1 is 1.06 bits per heavy atom. The van der Waals surface area contributed by atoms with E-state index in [1.165, 1.54) is 0 Å². The van der Waals surface area contributed by atoms with Gasteiger partial charge in [-0.1, -0.05) is 31.4 Å². The Morgan fingerprint density at radius 3 is 1.88 bits per heavy atom.